The molecule has 1 aliphatic rings. The third-order valence-corrected chi connectivity index (χ3v) is 2.29. The maximum absolute atomic E-state index is 12.9. The van der Waals surface area contributed by atoms with E-state index in [0.717, 1.165) is 0 Å². The first-order valence-electron chi connectivity index (χ1n) is 4.94. The van der Waals surface area contributed by atoms with Gasteiger partial charge in [-0.2, -0.15) is 17.6 Å². The van der Waals surface area contributed by atoms with Gasteiger partial charge in [-0.1, -0.05) is 0 Å². The summed E-state index contributed by atoms with van der Waals surface area (Å²) < 4.78 is 60.7. The van der Waals surface area contributed by atoms with Gasteiger partial charge in [0.1, 0.15) is 13.2 Å². The second-order valence-electron chi connectivity index (χ2n) is 3.75. The first-order valence-corrected chi connectivity index (χ1v) is 4.94. The zero-order chi connectivity index (χ0) is 12.2. The number of rotatable bonds is 0. The Morgan fingerprint density at radius 2 is 1.25 bits per heavy atom. The van der Waals surface area contributed by atoms with Crippen molar-refractivity contribution in [3.63, 3.8) is 0 Å². The zero-order valence-corrected chi connectivity index (χ0v) is 8.60. The Labute approximate surface area is 90.3 Å². The Morgan fingerprint density at radius 1 is 0.875 bits per heavy atom. The van der Waals surface area contributed by atoms with E-state index >= 15 is 0 Å². The van der Waals surface area contributed by atoms with Gasteiger partial charge in [-0.25, -0.2) is 0 Å². The van der Waals surface area contributed by atoms with Crippen LogP contribution in [0.4, 0.5) is 17.6 Å². The molecule has 0 spiro atoms. The SMILES string of the molecule is OC1CCOCC(F)(F)C(F)(F)COCC1. The fraction of sp³-hybridized carbons (Fsp3) is 1.00. The lowest BCUT2D eigenvalue weighted by molar-refractivity contribution is -0.250. The van der Waals surface area contributed by atoms with Crippen molar-refractivity contribution in [1.82, 2.24) is 0 Å². The van der Waals surface area contributed by atoms with Crippen molar-refractivity contribution >= 4 is 0 Å². The Hall–Kier alpha value is -0.400. The molecule has 1 aliphatic heterocycles. The van der Waals surface area contributed by atoms with E-state index in [1.54, 1.807) is 0 Å². The first-order chi connectivity index (χ1) is 7.35. The maximum atomic E-state index is 12.9. The lowest BCUT2D eigenvalue weighted by Gasteiger charge is -2.25. The molecule has 16 heavy (non-hydrogen) atoms. The van der Waals surface area contributed by atoms with Crippen LogP contribution < -0.4 is 0 Å². The molecular weight excluding hydrogens is 232 g/mol. The zero-order valence-electron chi connectivity index (χ0n) is 8.60. The van der Waals surface area contributed by atoms with Crippen LogP contribution in [0.1, 0.15) is 12.8 Å². The highest BCUT2D eigenvalue weighted by atomic mass is 19.3. The van der Waals surface area contributed by atoms with Crippen molar-refractivity contribution in [3.8, 4) is 0 Å². The monoisotopic (exact) mass is 246 g/mol. The molecule has 0 aliphatic carbocycles. The number of ether oxygens (including phenoxy) is 2. The van der Waals surface area contributed by atoms with Gasteiger partial charge in [-0.3, -0.25) is 0 Å². The summed E-state index contributed by atoms with van der Waals surface area (Å²) in [5, 5.41) is 9.25. The van der Waals surface area contributed by atoms with Crippen LogP contribution in [0.3, 0.4) is 0 Å². The molecule has 0 saturated carbocycles. The molecule has 1 rings (SSSR count). The highest BCUT2D eigenvalue weighted by Gasteiger charge is 2.56. The topological polar surface area (TPSA) is 38.7 Å². The van der Waals surface area contributed by atoms with Crippen molar-refractivity contribution in [2.24, 2.45) is 0 Å². The summed E-state index contributed by atoms with van der Waals surface area (Å²) in [5.74, 6) is -8.50. The molecule has 0 amide bonds. The standard InChI is InChI=1S/C9H14F4O3/c10-8(11)5-15-3-1-7(14)2-4-16-6-9(8,12)13/h7,14H,1-6H2. The molecule has 0 bridgehead atoms. The predicted molar refractivity (Wildman–Crippen MR) is 46.8 cm³/mol. The molecule has 0 aromatic rings. The van der Waals surface area contributed by atoms with Gasteiger partial charge in [0.2, 0.25) is 0 Å². The van der Waals surface area contributed by atoms with Gasteiger partial charge in [0.15, 0.2) is 0 Å². The number of aliphatic hydroxyl groups excluding tert-OH is 1. The van der Waals surface area contributed by atoms with E-state index in [1.807, 2.05) is 0 Å². The third kappa shape index (κ3) is 3.57. The molecule has 1 saturated heterocycles. The number of aliphatic hydroxyl groups is 1. The summed E-state index contributed by atoms with van der Waals surface area (Å²) >= 11 is 0. The van der Waals surface area contributed by atoms with Crippen LogP contribution in [0.25, 0.3) is 0 Å². The molecular formula is C9H14F4O3. The van der Waals surface area contributed by atoms with Crippen LogP contribution >= 0.6 is 0 Å². The minimum atomic E-state index is -4.25. The largest absolute Gasteiger partial charge is 0.393 e. The molecule has 3 nitrogen and oxygen atoms in total. The Bertz CT molecular complexity index is 201. The Balaban J connectivity index is 2.61. The molecule has 1 fully saturated rings. The van der Waals surface area contributed by atoms with Crippen molar-refractivity contribution in [3.05, 3.63) is 0 Å². The van der Waals surface area contributed by atoms with Gasteiger partial charge in [-0.05, 0) is 12.8 Å². The van der Waals surface area contributed by atoms with Crippen LogP contribution in [-0.2, 0) is 9.47 Å². The van der Waals surface area contributed by atoms with E-state index in [2.05, 4.69) is 9.47 Å². The lowest BCUT2D eigenvalue weighted by atomic mass is 10.2. The van der Waals surface area contributed by atoms with Gasteiger partial charge in [0.05, 0.1) is 6.10 Å². The van der Waals surface area contributed by atoms with E-state index in [-0.39, 0.29) is 26.1 Å². The summed E-state index contributed by atoms with van der Waals surface area (Å²) in [4.78, 5) is 0. The highest BCUT2D eigenvalue weighted by Crippen LogP contribution is 2.35. The fourth-order valence-corrected chi connectivity index (χ4v) is 1.19. The molecule has 0 unspecified atom stereocenters. The molecule has 1 N–H and O–H groups in total. The van der Waals surface area contributed by atoms with E-state index in [4.69, 9.17) is 0 Å². The van der Waals surface area contributed by atoms with E-state index < -0.39 is 31.2 Å². The molecule has 1 heterocycles. The normalized spacial score (nSPS) is 28.3. The Morgan fingerprint density at radius 3 is 1.62 bits per heavy atom. The number of hydrogen-bond donors (Lipinski definition) is 1. The fourth-order valence-electron chi connectivity index (χ4n) is 1.19. The van der Waals surface area contributed by atoms with E-state index in [1.165, 1.54) is 0 Å². The van der Waals surface area contributed by atoms with E-state index in [9.17, 15) is 22.7 Å². The molecule has 0 radical (unpaired) electrons. The number of alkyl halides is 4. The van der Waals surface area contributed by atoms with Crippen molar-refractivity contribution in [2.45, 2.75) is 30.8 Å². The quantitative estimate of drug-likeness (QED) is 0.657. The molecule has 96 valence electrons. The van der Waals surface area contributed by atoms with Gasteiger partial charge >= 0.3 is 11.8 Å². The van der Waals surface area contributed by atoms with Crippen LogP contribution in [0, 0.1) is 0 Å². The Kier molecular flexibility index (Phi) is 4.52. The van der Waals surface area contributed by atoms with Crippen molar-refractivity contribution in [1.29, 1.82) is 0 Å². The summed E-state index contributed by atoms with van der Waals surface area (Å²) in [7, 11) is 0. The van der Waals surface area contributed by atoms with E-state index in [0.29, 0.717) is 0 Å². The predicted octanol–water partition coefficient (Wildman–Crippen LogP) is 1.44. The maximum Gasteiger partial charge on any atom is 0.335 e. The van der Waals surface area contributed by atoms with Crippen LogP contribution in [-0.4, -0.2) is 49.5 Å². The summed E-state index contributed by atoms with van der Waals surface area (Å²) in [6, 6.07) is 0. The average molecular weight is 246 g/mol. The van der Waals surface area contributed by atoms with Gasteiger partial charge in [0, 0.05) is 13.2 Å². The van der Waals surface area contributed by atoms with Crippen LogP contribution in [0.5, 0.6) is 0 Å². The van der Waals surface area contributed by atoms with Crippen molar-refractivity contribution in [2.75, 3.05) is 26.4 Å². The smallest absolute Gasteiger partial charge is 0.335 e. The first kappa shape index (κ1) is 13.7. The summed E-state index contributed by atoms with van der Waals surface area (Å²) in [6.45, 7) is -3.08. The summed E-state index contributed by atoms with van der Waals surface area (Å²) in [5.41, 5.74) is 0. The average Bonchev–Trinajstić information content (AvgIpc) is 2.19. The lowest BCUT2D eigenvalue weighted by Crippen LogP contribution is -2.47. The third-order valence-electron chi connectivity index (χ3n) is 2.29. The summed E-state index contributed by atoms with van der Waals surface area (Å²) in [6.07, 6.45) is -0.518. The minimum absolute atomic E-state index is 0.130. The van der Waals surface area contributed by atoms with Gasteiger partial charge in [0.25, 0.3) is 0 Å². The number of halogens is 4. The molecule has 7 heteroatoms. The highest BCUT2D eigenvalue weighted by molar-refractivity contribution is 4.84. The molecule has 0 aromatic carbocycles. The van der Waals surface area contributed by atoms with Crippen molar-refractivity contribution < 1.29 is 32.1 Å². The minimum Gasteiger partial charge on any atom is -0.393 e. The van der Waals surface area contributed by atoms with Gasteiger partial charge < -0.3 is 14.6 Å². The van der Waals surface area contributed by atoms with Crippen LogP contribution in [0.2, 0.25) is 0 Å². The second-order valence-corrected chi connectivity index (χ2v) is 3.75. The second kappa shape index (κ2) is 5.29. The number of hydrogen-bond acceptors (Lipinski definition) is 3. The van der Waals surface area contributed by atoms with Crippen LogP contribution in [0.15, 0.2) is 0 Å². The molecule has 0 aromatic heterocycles. The van der Waals surface area contributed by atoms with Gasteiger partial charge in [-0.15, -0.1) is 0 Å². The molecule has 0 atom stereocenters.